The highest BCUT2D eigenvalue weighted by atomic mass is 15.2. The first kappa shape index (κ1) is 18.3. The molecule has 3 aliphatic heterocycles. The van der Waals surface area contributed by atoms with E-state index in [1.165, 1.54) is 84.3 Å². The Morgan fingerprint density at radius 3 is 1.60 bits per heavy atom. The third-order valence-corrected chi connectivity index (χ3v) is 8.26. The fraction of sp³-hybridized carbons (Fsp3) is 1.00. The lowest BCUT2D eigenvalue weighted by Gasteiger charge is -2.58. The van der Waals surface area contributed by atoms with Gasteiger partial charge in [0.1, 0.15) is 0 Å². The van der Waals surface area contributed by atoms with Crippen LogP contribution in [0.15, 0.2) is 0 Å². The van der Waals surface area contributed by atoms with Gasteiger partial charge in [0, 0.05) is 31.7 Å². The van der Waals surface area contributed by atoms with Gasteiger partial charge in [-0.15, -0.1) is 0 Å². The number of hydrogen-bond acceptors (Lipinski definition) is 3. The highest BCUT2D eigenvalue weighted by Crippen LogP contribution is 2.53. The molecule has 1 aliphatic carbocycles. The van der Waals surface area contributed by atoms with E-state index in [2.05, 4.69) is 42.4 Å². The van der Waals surface area contributed by atoms with Crippen molar-refractivity contribution in [2.45, 2.75) is 78.3 Å². The Bertz CT molecular complexity index is 398. The molecule has 25 heavy (non-hydrogen) atoms. The van der Waals surface area contributed by atoms with Gasteiger partial charge in [0.2, 0.25) is 0 Å². The van der Waals surface area contributed by atoms with Crippen molar-refractivity contribution < 1.29 is 0 Å². The van der Waals surface area contributed by atoms with E-state index in [0.29, 0.717) is 5.41 Å². The second-order valence-electron chi connectivity index (χ2n) is 10.7. The predicted octanol–water partition coefficient (Wildman–Crippen LogP) is 3.69. The third kappa shape index (κ3) is 3.66. The molecule has 4 fully saturated rings. The molecule has 4 aliphatic rings. The summed E-state index contributed by atoms with van der Waals surface area (Å²) in [7, 11) is 0. The molecule has 0 unspecified atom stereocenters. The van der Waals surface area contributed by atoms with Gasteiger partial charge < -0.3 is 14.7 Å². The molecule has 1 saturated carbocycles. The van der Waals surface area contributed by atoms with E-state index < -0.39 is 0 Å². The maximum atomic E-state index is 2.80. The highest BCUT2D eigenvalue weighted by Gasteiger charge is 2.49. The molecular formula is C22H41N3. The van der Waals surface area contributed by atoms with E-state index >= 15 is 0 Å². The molecule has 2 spiro atoms. The smallest absolute Gasteiger partial charge is 0.00516 e. The zero-order chi connectivity index (χ0) is 17.7. The van der Waals surface area contributed by atoms with Crippen molar-refractivity contribution in [2.75, 3.05) is 45.8 Å². The molecule has 3 saturated heterocycles. The van der Waals surface area contributed by atoms with Crippen LogP contribution in [0.25, 0.3) is 0 Å². The van der Waals surface area contributed by atoms with Crippen LogP contribution in [0.1, 0.15) is 66.2 Å². The standard InChI is InChI=1S/C22H41N3/c1-18(2)24-9-5-21(6-10-24)13-20(14-21)15-23-16-22(17-23)7-11-25(12-8-22)19(3)4/h18-20H,5-17H2,1-4H3. The Kier molecular flexibility index (Phi) is 4.96. The lowest BCUT2D eigenvalue weighted by Crippen LogP contribution is -2.62. The molecule has 0 radical (unpaired) electrons. The van der Waals surface area contributed by atoms with Crippen molar-refractivity contribution in [1.82, 2.24) is 14.7 Å². The molecule has 3 nitrogen and oxygen atoms in total. The molecule has 0 aromatic rings. The molecule has 0 atom stereocenters. The van der Waals surface area contributed by atoms with Gasteiger partial charge in [-0.05, 0) is 109 Å². The zero-order valence-corrected chi connectivity index (χ0v) is 17.3. The van der Waals surface area contributed by atoms with E-state index in [1.54, 1.807) is 0 Å². The summed E-state index contributed by atoms with van der Waals surface area (Å²) in [6.07, 6.45) is 8.89. The van der Waals surface area contributed by atoms with Crippen molar-refractivity contribution in [1.29, 1.82) is 0 Å². The fourth-order valence-corrected chi connectivity index (χ4v) is 6.44. The van der Waals surface area contributed by atoms with E-state index in [0.717, 1.165) is 23.4 Å². The summed E-state index contributed by atoms with van der Waals surface area (Å²) < 4.78 is 0. The Balaban J connectivity index is 1.15. The van der Waals surface area contributed by atoms with E-state index in [-0.39, 0.29) is 0 Å². The van der Waals surface area contributed by atoms with E-state index in [1.807, 2.05) is 0 Å². The molecule has 3 heteroatoms. The maximum Gasteiger partial charge on any atom is 0.00516 e. The summed E-state index contributed by atoms with van der Waals surface area (Å²) in [4.78, 5) is 8.15. The normalized spacial score (nSPS) is 31.0. The molecule has 4 rings (SSSR count). The molecular weight excluding hydrogens is 306 g/mol. The van der Waals surface area contributed by atoms with Crippen molar-refractivity contribution in [2.24, 2.45) is 16.7 Å². The van der Waals surface area contributed by atoms with Crippen LogP contribution >= 0.6 is 0 Å². The molecule has 144 valence electrons. The number of likely N-dealkylation sites (tertiary alicyclic amines) is 3. The summed E-state index contributed by atoms with van der Waals surface area (Å²) >= 11 is 0. The van der Waals surface area contributed by atoms with Gasteiger partial charge in [0.25, 0.3) is 0 Å². The van der Waals surface area contributed by atoms with Gasteiger partial charge in [-0.2, -0.15) is 0 Å². The zero-order valence-electron chi connectivity index (χ0n) is 17.3. The minimum atomic E-state index is 0.704. The second-order valence-corrected chi connectivity index (χ2v) is 10.7. The summed E-state index contributed by atoms with van der Waals surface area (Å²) in [6, 6.07) is 1.48. The van der Waals surface area contributed by atoms with Crippen molar-refractivity contribution in [3.05, 3.63) is 0 Å². The van der Waals surface area contributed by atoms with Gasteiger partial charge in [0.15, 0.2) is 0 Å². The van der Waals surface area contributed by atoms with E-state index in [4.69, 9.17) is 0 Å². The van der Waals surface area contributed by atoms with Crippen LogP contribution in [-0.2, 0) is 0 Å². The van der Waals surface area contributed by atoms with Crippen LogP contribution in [0.3, 0.4) is 0 Å². The first-order chi connectivity index (χ1) is 11.9. The minimum absolute atomic E-state index is 0.704. The minimum Gasteiger partial charge on any atom is -0.302 e. The number of hydrogen-bond donors (Lipinski definition) is 0. The molecule has 0 aromatic carbocycles. The number of nitrogens with zero attached hydrogens (tertiary/aromatic N) is 3. The summed E-state index contributed by atoms with van der Waals surface area (Å²) in [5.74, 6) is 1.01. The Morgan fingerprint density at radius 1 is 0.720 bits per heavy atom. The van der Waals surface area contributed by atoms with Gasteiger partial charge in [-0.25, -0.2) is 0 Å². The SMILES string of the molecule is CC(C)N1CCC2(CC1)CC(CN1CC3(CCN(C(C)C)CC3)C1)C2. The van der Waals surface area contributed by atoms with Crippen LogP contribution < -0.4 is 0 Å². The topological polar surface area (TPSA) is 9.72 Å². The van der Waals surface area contributed by atoms with Crippen LogP contribution in [0.5, 0.6) is 0 Å². The lowest BCUT2D eigenvalue weighted by molar-refractivity contribution is -0.0871. The molecule has 0 aromatic heterocycles. The summed E-state index contributed by atoms with van der Waals surface area (Å²) in [6.45, 7) is 19.0. The van der Waals surface area contributed by atoms with Gasteiger partial charge in [0.05, 0.1) is 0 Å². The van der Waals surface area contributed by atoms with Gasteiger partial charge in [-0.3, -0.25) is 0 Å². The Labute approximate surface area is 156 Å². The lowest BCUT2D eigenvalue weighted by atomic mass is 9.57. The van der Waals surface area contributed by atoms with Crippen molar-refractivity contribution in [3.63, 3.8) is 0 Å². The quantitative estimate of drug-likeness (QED) is 0.768. The van der Waals surface area contributed by atoms with Crippen LogP contribution in [0.2, 0.25) is 0 Å². The van der Waals surface area contributed by atoms with Crippen molar-refractivity contribution >= 4 is 0 Å². The second kappa shape index (κ2) is 6.80. The molecule has 0 bridgehead atoms. The Morgan fingerprint density at radius 2 is 1.16 bits per heavy atom. The summed E-state index contributed by atoms with van der Waals surface area (Å²) in [5, 5.41) is 0. The maximum absolute atomic E-state index is 2.80. The van der Waals surface area contributed by atoms with Gasteiger partial charge >= 0.3 is 0 Å². The van der Waals surface area contributed by atoms with Crippen LogP contribution in [-0.4, -0.2) is 72.6 Å². The number of piperidine rings is 2. The fourth-order valence-electron chi connectivity index (χ4n) is 6.44. The van der Waals surface area contributed by atoms with Crippen LogP contribution in [0, 0.1) is 16.7 Å². The largest absolute Gasteiger partial charge is 0.302 e. The first-order valence-corrected chi connectivity index (χ1v) is 11.1. The van der Waals surface area contributed by atoms with E-state index in [9.17, 15) is 0 Å². The van der Waals surface area contributed by atoms with Crippen LogP contribution in [0.4, 0.5) is 0 Å². The highest BCUT2D eigenvalue weighted by molar-refractivity contribution is 5.02. The monoisotopic (exact) mass is 347 g/mol. The van der Waals surface area contributed by atoms with Crippen molar-refractivity contribution in [3.8, 4) is 0 Å². The Hall–Kier alpha value is -0.120. The number of rotatable bonds is 4. The first-order valence-electron chi connectivity index (χ1n) is 11.1. The predicted molar refractivity (Wildman–Crippen MR) is 106 cm³/mol. The molecule has 3 heterocycles. The molecule has 0 amide bonds. The third-order valence-electron chi connectivity index (χ3n) is 8.26. The van der Waals surface area contributed by atoms with Gasteiger partial charge in [-0.1, -0.05) is 0 Å². The molecule has 0 N–H and O–H groups in total. The average molecular weight is 348 g/mol. The average Bonchev–Trinajstić information content (AvgIpc) is 2.52. The summed E-state index contributed by atoms with van der Waals surface area (Å²) in [5.41, 5.74) is 1.46.